The molecule has 0 spiro atoms. The molecular weight excluding hydrogens is 164 g/mol. The summed E-state index contributed by atoms with van der Waals surface area (Å²) in [4.78, 5) is 3.97. The van der Waals surface area contributed by atoms with Gasteiger partial charge in [0.25, 0.3) is 0 Å². The molecule has 0 bridgehead atoms. The standard InChI is InChI=1S/C9H12N4/c1-6(2)8-7-3-4-11-5-13(7)12-9(8)10/h3-6H,1-2H3,(H2,10,12). The lowest BCUT2D eigenvalue weighted by Gasteiger charge is -2.02. The monoisotopic (exact) mass is 176 g/mol. The van der Waals surface area contributed by atoms with Crippen molar-refractivity contribution in [2.75, 3.05) is 5.73 Å². The van der Waals surface area contributed by atoms with Crippen LogP contribution >= 0.6 is 0 Å². The molecule has 0 unspecified atom stereocenters. The lowest BCUT2D eigenvalue weighted by atomic mass is 10.0. The molecule has 0 saturated heterocycles. The van der Waals surface area contributed by atoms with Crippen molar-refractivity contribution in [2.45, 2.75) is 19.8 Å². The van der Waals surface area contributed by atoms with Gasteiger partial charge in [-0.2, -0.15) is 0 Å². The van der Waals surface area contributed by atoms with Crippen LogP contribution in [-0.2, 0) is 0 Å². The van der Waals surface area contributed by atoms with Crippen LogP contribution in [0.25, 0.3) is 5.52 Å². The van der Waals surface area contributed by atoms with Gasteiger partial charge in [0.2, 0.25) is 0 Å². The Morgan fingerprint density at radius 2 is 2.23 bits per heavy atom. The van der Waals surface area contributed by atoms with Crippen LogP contribution < -0.4 is 5.73 Å². The molecule has 0 aliphatic heterocycles. The Morgan fingerprint density at radius 3 is 2.92 bits per heavy atom. The van der Waals surface area contributed by atoms with Crippen LogP contribution in [0.5, 0.6) is 0 Å². The fourth-order valence-corrected chi connectivity index (χ4v) is 1.54. The van der Waals surface area contributed by atoms with Gasteiger partial charge in [-0.3, -0.25) is 0 Å². The molecule has 0 aliphatic carbocycles. The first-order valence-corrected chi connectivity index (χ1v) is 4.28. The Labute approximate surface area is 76.4 Å². The van der Waals surface area contributed by atoms with Crippen LogP contribution in [0.3, 0.4) is 0 Å². The van der Waals surface area contributed by atoms with Crippen molar-refractivity contribution in [1.29, 1.82) is 0 Å². The molecule has 0 saturated carbocycles. The minimum absolute atomic E-state index is 0.389. The zero-order chi connectivity index (χ0) is 9.42. The lowest BCUT2D eigenvalue weighted by molar-refractivity contribution is 0.878. The number of hydrogen-bond acceptors (Lipinski definition) is 3. The van der Waals surface area contributed by atoms with Gasteiger partial charge in [0.1, 0.15) is 12.1 Å². The molecule has 68 valence electrons. The third-order valence-corrected chi connectivity index (χ3v) is 2.09. The molecule has 2 aromatic heterocycles. The van der Waals surface area contributed by atoms with Crippen molar-refractivity contribution >= 4 is 11.3 Å². The third-order valence-electron chi connectivity index (χ3n) is 2.09. The summed E-state index contributed by atoms with van der Waals surface area (Å²) in [6.07, 6.45) is 3.42. The highest BCUT2D eigenvalue weighted by molar-refractivity contribution is 5.64. The van der Waals surface area contributed by atoms with E-state index in [9.17, 15) is 0 Å². The number of aromatic nitrogens is 3. The first-order valence-electron chi connectivity index (χ1n) is 4.28. The summed E-state index contributed by atoms with van der Waals surface area (Å²) in [7, 11) is 0. The zero-order valence-electron chi connectivity index (χ0n) is 7.73. The molecule has 2 heterocycles. The van der Waals surface area contributed by atoms with Gasteiger partial charge in [0.15, 0.2) is 0 Å². The Balaban J connectivity index is 2.78. The zero-order valence-corrected chi connectivity index (χ0v) is 7.73. The van der Waals surface area contributed by atoms with Gasteiger partial charge in [0, 0.05) is 11.8 Å². The molecule has 0 aliphatic rings. The van der Waals surface area contributed by atoms with E-state index in [0.717, 1.165) is 11.1 Å². The third kappa shape index (κ3) is 1.14. The molecule has 0 amide bonds. The molecule has 2 rings (SSSR count). The van der Waals surface area contributed by atoms with E-state index in [1.54, 1.807) is 17.0 Å². The number of anilines is 1. The maximum atomic E-state index is 5.79. The Morgan fingerprint density at radius 1 is 1.46 bits per heavy atom. The van der Waals surface area contributed by atoms with Gasteiger partial charge in [-0.1, -0.05) is 13.8 Å². The topological polar surface area (TPSA) is 56.2 Å². The Bertz CT molecular complexity index is 430. The van der Waals surface area contributed by atoms with E-state index in [1.165, 1.54) is 0 Å². The number of nitrogen functional groups attached to an aromatic ring is 1. The van der Waals surface area contributed by atoms with E-state index in [2.05, 4.69) is 23.9 Å². The second-order valence-corrected chi connectivity index (χ2v) is 3.36. The smallest absolute Gasteiger partial charge is 0.150 e. The molecule has 4 heteroatoms. The average Bonchev–Trinajstić information content (AvgIpc) is 2.39. The highest BCUT2D eigenvalue weighted by Crippen LogP contribution is 2.25. The summed E-state index contributed by atoms with van der Waals surface area (Å²) in [5, 5.41) is 4.17. The number of fused-ring (bicyclic) bond motifs is 1. The van der Waals surface area contributed by atoms with E-state index < -0.39 is 0 Å². The summed E-state index contributed by atoms with van der Waals surface area (Å²) < 4.78 is 1.71. The van der Waals surface area contributed by atoms with Crippen molar-refractivity contribution in [2.24, 2.45) is 0 Å². The average molecular weight is 176 g/mol. The highest BCUT2D eigenvalue weighted by atomic mass is 15.3. The summed E-state index contributed by atoms with van der Waals surface area (Å²) in [6.45, 7) is 4.21. The first kappa shape index (κ1) is 8.04. The number of rotatable bonds is 1. The maximum Gasteiger partial charge on any atom is 0.150 e. The SMILES string of the molecule is CC(C)c1c(N)nn2cnccc12. The predicted octanol–water partition coefficient (Wildman–Crippen LogP) is 1.43. The van der Waals surface area contributed by atoms with Crippen molar-refractivity contribution < 1.29 is 0 Å². The molecule has 0 atom stereocenters. The second kappa shape index (κ2) is 2.73. The van der Waals surface area contributed by atoms with E-state index in [4.69, 9.17) is 5.73 Å². The van der Waals surface area contributed by atoms with Gasteiger partial charge in [0.05, 0.1) is 5.52 Å². The largest absolute Gasteiger partial charge is 0.382 e. The van der Waals surface area contributed by atoms with Gasteiger partial charge in [-0.05, 0) is 12.0 Å². The number of hydrogen-bond donors (Lipinski definition) is 1. The molecule has 4 nitrogen and oxygen atoms in total. The van der Waals surface area contributed by atoms with Gasteiger partial charge >= 0.3 is 0 Å². The van der Waals surface area contributed by atoms with E-state index in [1.807, 2.05) is 6.07 Å². The number of nitrogens with zero attached hydrogens (tertiary/aromatic N) is 3. The summed E-state index contributed by atoms with van der Waals surface area (Å²) >= 11 is 0. The maximum absolute atomic E-state index is 5.79. The van der Waals surface area contributed by atoms with Gasteiger partial charge in [-0.25, -0.2) is 9.50 Å². The van der Waals surface area contributed by atoms with Crippen LogP contribution in [0.15, 0.2) is 18.6 Å². The molecule has 13 heavy (non-hydrogen) atoms. The molecule has 0 radical (unpaired) electrons. The first-order chi connectivity index (χ1) is 6.20. The Kier molecular flexibility index (Phi) is 1.69. The summed E-state index contributed by atoms with van der Waals surface area (Å²) in [6, 6.07) is 1.93. The normalized spacial score (nSPS) is 11.3. The van der Waals surface area contributed by atoms with Crippen LogP contribution in [-0.4, -0.2) is 14.6 Å². The highest BCUT2D eigenvalue weighted by Gasteiger charge is 2.12. The van der Waals surface area contributed by atoms with E-state index in [-0.39, 0.29) is 0 Å². The molecule has 0 aromatic carbocycles. The van der Waals surface area contributed by atoms with Gasteiger partial charge in [-0.15, -0.1) is 5.10 Å². The lowest BCUT2D eigenvalue weighted by Crippen LogP contribution is -1.93. The summed E-state index contributed by atoms with van der Waals surface area (Å²) in [5.41, 5.74) is 7.94. The molecular formula is C9H12N4. The van der Waals surface area contributed by atoms with Crippen LogP contribution in [0.2, 0.25) is 0 Å². The molecule has 0 fully saturated rings. The number of nitrogens with two attached hydrogens (primary N) is 1. The fourth-order valence-electron chi connectivity index (χ4n) is 1.54. The summed E-state index contributed by atoms with van der Waals surface area (Å²) in [5.74, 6) is 0.989. The van der Waals surface area contributed by atoms with Crippen molar-refractivity contribution in [3.05, 3.63) is 24.2 Å². The molecule has 2 N–H and O–H groups in total. The second-order valence-electron chi connectivity index (χ2n) is 3.36. The van der Waals surface area contributed by atoms with E-state index >= 15 is 0 Å². The fraction of sp³-hybridized carbons (Fsp3) is 0.333. The van der Waals surface area contributed by atoms with Crippen molar-refractivity contribution in [3.63, 3.8) is 0 Å². The van der Waals surface area contributed by atoms with Crippen LogP contribution in [0.4, 0.5) is 5.82 Å². The van der Waals surface area contributed by atoms with E-state index in [0.29, 0.717) is 11.7 Å². The predicted molar refractivity (Wildman–Crippen MR) is 51.5 cm³/mol. The molecule has 2 aromatic rings. The quantitative estimate of drug-likeness (QED) is 0.715. The Hall–Kier alpha value is -1.58. The minimum Gasteiger partial charge on any atom is -0.382 e. The van der Waals surface area contributed by atoms with Crippen molar-refractivity contribution in [3.8, 4) is 0 Å². The minimum atomic E-state index is 0.389. The van der Waals surface area contributed by atoms with Crippen LogP contribution in [0.1, 0.15) is 25.3 Å². The van der Waals surface area contributed by atoms with Crippen molar-refractivity contribution in [1.82, 2.24) is 14.6 Å². The van der Waals surface area contributed by atoms with Crippen LogP contribution in [0, 0.1) is 0 Å². The van der Waals surface area contributed by atoms with Gasteiger partial charge < -0.3 is 5.73 Å².